The highest BCUT2D eigenvalue weighted by atomic mass is 19.1. The molecule has 5 nitrogen and oxygen atoms in total. The summed E-state index contributed by atoms with van der Waals surface area (Å²) >= 11 is 0. The first-order valence-corrected chi connectivity index (χ1v) is 7.38. The molecule has 0 amide bonds. The van der Waals surface area contributed by atoms with E-state index >= 15 is 0 Å². The molecule has 132 valence electrons. The van der Waals surface area contributed by atoms with Gasteiger partial charge < -0.3 is 4.74 Å². The Morgan fingerprint density at radius 3 is 2.42 bits per heavy atom. The number of carbonyl (C=O) groups excluding carboxylic acids is 2. The quantitative estimate of drug-likeness (QED) is 0.404. The van der Waals surface area contributed by atoms with Crippen LogP contribution in [-0.4, -0.2) is 21.5 Å². The van der Waals surface area contributed by atoms with E-state index in [1.54, 1.807) is 0 Å². The summed E-state index contributed by atoms with van der Waals surface area (Å²) in [4.78, 5) is 23.3. The standard InChI is InChI=1S/C18H11F3N2O3/c1-10(24)11-2-5-17(15(21)6-11)26-18(25)12-8-22-23(9-12)16-4-3-13(19)7-14(16)20/h2-9H,1H3. The molecule has 0 spiro atoms. The fourth-order valence-electron chi connectivity index (χ4n) is 2.19. The summed E-state index contributed by atoms with van der Waals surface area (Å²) in [6.45, 7) is 1.28. The van der Waals surface area contributed by atoms with Crippen molar-refractivity contribution in [3.8, 4) is 11.4 Å². The first-order chi connectivity index (χ1) is 12.3. The van der Waals surface area contributed by atoms with E-state index in [4.69, 9.17) is 4.74 Å². The van der Waals surface area contributed by atoms with Crippen LogP contribution < -0.4 is 4.74 Å². The van der Waals surface area contributed by atoms with E-state index in [1.807, 2.05) is 0 Å². The molecule has 8 heteroatoms. The van der Waals surface area contributed by atoms with Gasteiger partial charge in [0.2, 0.25) is 0 Å². The SMILES string of the molecule is CC(=O)c1ccc(OC(=O)c2cnn(-c3ccc(F)cc3F)c2)c(F)c1. The maximum Gasteiger partial charge on any atom is 0.346 e. The van der Waals surface area contributed by atoms with Crippen molar-refractivity contribution in [1.82, 2.24) is 9.78 Å². The number of hydrogen-bond acceptors (Lipinski definition) is 4. The van der Waals surface area contributed by atoms with Crippen LogP contribution in [0.1, 0.15) is 27.6 Å². The Labute approximate surface area is 145 Å². The van der Waals surface area contributed by atoms with Gasteiger partial charge in [0.25, 0.3) is 0 Å². The third-order valence-electron chi connectivity index (χ3n) is 3.52. The number of nitrogens with zero attached hydrogens (tertiary/aromatic N) is 2. The molecular formula is C18H11F3N2O3. The van der Waals surface area contributed by atoms with Crippen LogP contribution in [0.2, 0.25) is 0 Å². The molecule has 1 heterocycles. The number of Topliss-reactive ketones (excluding diaryl/α,β-unsaturated/α-hetero) is 1. The number of aromatic nitrogens is 2. The number of esters is 1. The van der Waals surface area contributed by atoms with E-state index in [9.17, 15) is 22.8 Å². The summed E-state index contributed by atoms with van der Waals surface area (Å²) < 4.78 is 46.6. The van der Waals surface area contributed by atoms with Gasteiger partial charge in [-0.3, -0.25) is 4.79 Å². The van der Waals surface area contributed by atoms with Gasteiger partial charge in [0.05, 0.1) is 11.8 Å². The highest BCUT2D eigenvalue weighted by Crippen LogP contribution is 2.21. The molecule has 0 aliphatic carbocycles. The van der Waals surface area contributed by atoms with Crippen molar-refractivity contribution in [2.24, 2.45) is 0 Å². The first kappa shape index (κ1) is 17.4. The molecule has 2 aromatic carbocycles. The minimum Gasteiger partial charge on any atom is -0.420 e. The molecule has 26 heavy (non-hydrogen) atoms. The predicted octanol–water partition coefficient (Wildman–Crippen LogP) is 3.71. The average Bonchev–Trinajstić information content (AvgIpc) is 3.06. The Hall–Kier alpha value is -3.42. The van der Waals surface area contributed by atoms with Crippen molar-refractivity contribution in [3.05, 3.63) is 77.4 Å². The molecule has 0 bridgehead atoms. The second-order valence-corrected chi connectivity index (χ2v) is 5.36. The number of rotatable bonds is 4. The number of carbonyl (C=O) groups is 2. The number of benzene rings is 2. The van der Waals surface area contributed by atoms with Crippen LogP contribution in [0, 0.1) is 17.5 Å². The summed E-state index contributed by atoms with van der Waals surface area (Å²) in [7, 11) is 0. The van der Waals surface area contributed by atoms with Crippen molar-refractivity contribution in [2.45, 2.75) is 6.92 Å². The summed E-state index contributed by atoms with van der Waals surface area (Å²) in [6.07, 6.45) is 2.27. The summed E-state index contributed by atoms with van der Waals surface area (Å²) in [5.74, 6) is -4.09. The van der Waals surface area contributed by atoms with E-state index in [-0.39, 0.29) is 28.3 Å². The van der Waals surface area contributed by atoms with Crippen LogP contribution in [0.15, 0.2) is 48.8 Å². The Morgan fingerprint density at radius 1 is 1.00 bits per heavy atom. The smallest absolute Gasteiger partial charge is 0.346 e. The number of ketones is 1. The van der Waals surface area contributed by atoms with Crippen LogP contribution in [0.4, 0.5) is 13.2 Å². The van der Waals surface area contributed by atoms with Gasteiger partial charge >= 0.3 is 5.97 Å². The molecule has 0 atom stereocenters. The fraction of sp³-hybridized carbons (Fsp3) is 0.0556. The van der Waals surface area contributed by atoms with Gasteiger partial charge in [0.1, 0.15) is 11.5 Å². The highest BCUT2D eigenvalue weighted by molar-refractivity contribution is 5.94. The molecular weight excluding hydrogens is 349 g/mol. The minimum atomic E-state index is -0.923. The largest absolute Gasteiger partial charge is 0.420 e. The van der Waals surface area contributed by atoms with E-state index in [1.165, 1.54) is 19.2 Å². The molecule has 0 aliphatic rings. The monoisotopic (exact) mass is 360 g/mol. The van der Waals surface area contributed by atoms with Crippen molar-refractivity contribution in [1.29, 1.82) is 0 Å². The summed E-state index contributed by atoms with van der Waals surface area (Å²) in [5.41, 5.74) is 0.00751. The predicted molar refractivity (Wildman–Crippen MR) is 84.8 cm³/mol. The van der Waals surface area contributed by atoms with Crippen molar-refractivity contribution < 1.29 is 27.5 Å². The van der Waals surface area contributed by atoms with Crippen LogP contribution in [0.25, 0.3) is 5.69 Å². The van der Waals surface area contributed by atoms with Gasteiger partial charge in [-0.15, -0.1) is 0 Å². The van der Waals surface area contributed by atoms with Gasteiger partial charge in [0.15, 0.2) is 23.2 Å². The zero-order valence-electron chi connectivity index (χ0n) is 13.4. The Kier molecular flexibility index (Phi) is 4.57. The van der Waals surface area contributed by atoms with Gasteiger partial charge in [-0.25, -0.2) is 22.6 Å². The van der Waals surface area contributed by atoms with Gasteiger partial charge in [-0.1, -0.05) is 0 Å². The van der Waals surface area contributed by atoms with Crippen LogP contribution >= 0.6 is 0 Å². The number of ether oxygens (including phenoxy) is 1. The molecule has 0 unspecified atom stereocenters. The van der Waals surface area contributed by atoms with E-state index < -0.39 is 23.4 Å². The van der Waals surface area contributed by atoms with Crippen molar-refractivity contribution in [3.63, 3.8) is 0 Å². The van der Waals surface area contributed by atoms with Gasteiger partial charge in [-0.05, 0) is 37.3 Å². The second-order valence-electron chi connectivity index (χ2n) is 5.36. The molecule has 0 aliphatic heterocycles. The maximum absolute atomic E-state index is 13.9. The first-order valence-electron chi connectivity index (χ1n) is 7.38. The van der Waals surface area contributed by atoms with Crippen LogP contribution in [0.3, 0.4) is 0 Å². The molecule has 1 aromatic heterocycles. The Bertz CT molecular complexity index is 1010. The highest BCUT2D eigenvalue weighted by Gasteiger charge is 2.16. The topological polar surface area (TPSA) is 61.2 Å². The fourth-order valence-corrected chi connectivity index (χ4v) is 2.19. The molecule has 0 saturated heterocycles. The minimum absolute atomic E-state index is 0.0660. The Morgan fingerprint density at radius 2 is 1.77 bits per heavy atom. The molecule has 0 radical (unpaired) electrons. The average molecular weight is 360 g/mol. The van der Waals surface area contributed by atoms with Crippen molar-refractivity contribution >= 4 is 11.8 Å². The van der Waals surface area contributed by atoms with Crippen LogP contribution in [0.5, 0.6) is 5.75 Å². The molecule has 0 fully saturated rings. The molecule has 3 rings (SSSR count). The third-order valence-corrected chi connectivity index (χ3v) is 3.52. The second kappa shape index (κ2) is 6.83. The zero-order valence-corrected chi connectivity index (χ0v) is 13.4. The lowest BCUT2D eigenvalue weighted by molar-refractivity contribution is 0.0728. The summed E-state index contributed by atoms with van der Waals surface area (Å²) in [5, 5.41) is 3.81. The summed E-state index contributed by atoms with van der Waals surface area (Å²) in [6, 6.07) is 6.33. The third kappa shape index (κ3) is 3.49. The van der Waals surface area contributed by atoms with E-state index in [0.29, 0.717) is 6.07 Å². The Balaban J connectivity index is 1.81. The lowest BCUT2D eigenvalue weighted by atomic mass is 10.1. The number of halogens is 3. The van der Waals surface area contributed by atoms with E-state index in [0.717, 1.165) is 35.1 Å². The van der Waals surface area contributed by atoms with Crippen LogP contribution in [-0.2, 0) is 0 Å². The molecule has 0 N–H and O–H groups in total. The normalized spacial score (nSPS) is 10.6. The van der Waals surface area contributed by atoms with E-state index in [2.05, 4.69) is 5.10 Å². The zero-order chi connectivity index (χ0) is 18.8. The lowest BCUT2D eigenvalue weighted by Gasteiger charge is -2.05. The van der Waals surface area contributed by atoms with Crippen molar-refractivity contribution in [2.75, 3.05) is 0 Å². The molecule has 0 saturated carbocycles. The number of hydrogen-bond donors (Lipinski definition) is 0. The lowest BCUT2D eigenvalue weighted by Crippen LogP contribution is -2.09. The van der Waals surface area contributed by atoms with Gasteiger partial charge in [0, 0.05) is 17.8 Å². The molecule has 3 aromatic rings. The maximum atomic E-state index is 13.9. The van der Waals surface area contributed by atoms with Gasteiger partial charge in [-0.2, -0.15) is 5.10 Å².